The summed E-state index contributed by atoms with van der Waals surface area (Å²) in [7, 11) is 0. The van der Waals surface area contributed by atoms with Gasteiger partial charge in [0.05, 0.1) is 11.3 Å². The SMILES string of the molecule is [N-]=[N+]=Nc1cc(C=O)ncc1C(F)(F)F. The van der Waals surface area contributed by atoms with E-state index in [1.54, 1.807) is 0 Å². The van der Waals surface area contributed by atoms with Gasteiger partial charge in [-0.1, -0.05) is 5.11 Å². The summed E-state index contributed by atoms with van der Waals surface area (Å²) in [4.78, 5) is 15.7. The van der Waals surface area contributed by atoms with Gasteiger partial charge in [-0.3, -0.25) is 9.78 Å². The number of nitrogens with zero attached hydrogens (tertiary/aromatic N) is 4. The summed E-state index contributed by atoms with van der Waals surface area (Å²) in [6.45, 7) is 0. The van der Waals surface area contributed by atoms with Crippen molar-refractivity contribution < 1.29 is 18.0 Å². The van der Waals surface area contributed by atoms with Crippen molar-refractivity contribution in [2.45, 2.75) is 6.18 Å². The number of hydrogen-bond donors (Lipinski definition) is 0. The molecule has 0 N–H and O–H groups in total. The summed E-state index contributed by atoms with van der Waals surface area (Å²) in [5, 5.41) is 2.84. The lowest BCUT2D eigenvalue weighted by atomic mass is 10.2. The predicted octanol–water partition coefficient (Wildman–Crippen LogP) is 2.85. The van der Waals surface area contributed by atoms with Crippen LogP contribution in [0, 0.1) is 0 Å². The van der Waals surface area contributed by atoms with Crippen LogP contribution in [0.3, 0.4) is 0 Å². The zero-order chi connectivity index (χ0) is 11.5. The molecule has 15 heavy (non-hydrogen) atoms. The van der Waals surface area contributed by atoms with Gasteiger partial charge in [-0.15, -0.1) is 0 Å². The number of rotatable bonds is 2. The van der Waals surface area contributed by atoms with Gasteiger partial charge in [-0.25, -0.2) is 0 Å². The molecule has 0 saturated carbocycles. The Morgan fingerprint density at radius 1 is 1.53 bits per heavy atom. The Kier molecular flexibility index (Phi) is 2.91. The van der Waals surface area contributed by atoms with Crippen molar-refractivity contribution in [2.24, 2.45) is 5.11 Å². The fourth-order valence-electron chi connectivity index (χ4n) is 0.874. The smallest absolute Gasteiger partial charge is 0.296 e. The standard InChI is InChI=1S/C7H3F3N4O/c8-7(9,10)5-2-12-4(3-15)1-6(5)13-14-11/h1-3H. The average Bonchev–Trinajstić information content (AvgIpc) is 2.16. The molecule has 1 heterocycles. The highest BCUT2D eigenvalue weighted by Crippen LogP contribution is 2.35. The lowest BCUT2D eigenvalue weighted by molar-refractivity contribution is -0.137. The zero-order valence-electron chi connectivity index (χ0n) is 7.06. The molecule has 8 heteroatoms. The first-order valence-corrected chi connectivity index (χ1v) is 3.56. The van der Waals surface area contributed by atoms with Crippen LogP contribution in [-0.2, 0) is 6.18 Å². The summed E-state index contributed by atoms with van der Waals surface area (Å²) in [6.07, 6.45) is -3.96. The molecule has 0 radical (unpaired) electrons. The third kappa shape index (κ3) is 2.44. The van der Waals surface area contributed by atoms with Gasteiger partial charge in [0, 0.05) is 11.1 Å². The van der Waals surface area contributed by atoms with Gasteiger partial charge in [0.15, 0.2) is 6.29 Å². The fraction of sp³-hybridized carbons (Fsp3) is 0.143. The number of carbonyl (C=O) groups is 1. The Morgan fingerprint density at radius 3 is 2.67 bits per heavy atom. The number of aldehydes is 1. The summed E-state index contributed by atoms with van der Waals surface area (Å²) >= 11 is 0. The summed E-state index contributed by atoms with van der Waals surface area (Å²) < 4.78 is 36.9. The molecule has 0 aliphatic heterocycles. The number of pyridine rings is 1. The molecule has 0 aliphatic carbocycles. The Hall–Kier alpha value is -2.08. The predicted molar refractivity (Wildman–Crippen MR) is 43.4 cm³/mol. The molecular weight excluding hydrogens is 213 g/mol. The van der Waals surface area contributed by atoms with Crippen molar-refractivity contribution in [3.63, 3.8) is 0 Å². The second kappa shape index (κ2) is 3.97. The van der Waals surface area contributed by atoms with Crippen molar-refractivity contribution >= 4 is 12.0 Å². The van der Waals surface area contributed by atoms with Gasteiger partial charge in [0.25, 0.3) is 0 Å². The molecule has 1 aromatic rings. The molecule has 0 aliphatic rings. The Morgan fingerprint density at radius 2 is 2.20 bits per heavy atom. The van der Waals surface area contributed by atoms with E-state index in [2.05, 4.69) is 15.0 Å². The lowest BCUT2D eigenvalue weighted by Crippen LogP contribution is -2.06. The molecule has 0 amide bonds. The van der Waals surface area contributed by atoms with E-state index in [1.165, 1.54) is 0 Å². The van der Waals surface area contributed by atoms with Crippen LogP contribution in [0.15, 0.2) is 17.4 Å². The molecular formula is C7H3F3N4O. The van der Waals surface area contributed by atoms with Gasteiger partial charge in [0.1, 0.15) is 5.69 Å². The molecule has 1 aromatic heterocycles. The number of azide groups is 1. The maximum absolute atomic E-state index is 12.3. The molecule has 0 aromatic carbocycles. The maximum atomic E-state index is 12.3. The Bertz CT molecular complexity index is 436. The highest BCUT2D eigenvalue weighted by atomic mass is 19.4. The quantitative estimate of drug-likeness (QED) is 0.329. The van der Waals surface area contributed by atoms with E-state index < -0.39 is 17.4 Å². The van der Waals surface area contributed by atoms with E-state index in [9.17, 15) is 18.0 Å². The lowest BCUT2D eigenvalue weighted by Gasteiger charge is -2.08. The molecule has 5 nitrogen and oxygen atoms in total. The van der Waals surface area contributed by atoms with E-state index in [0.29, 0.717) is 6.20 Å². The molecule has 0 atom stereocenters. The molecule has 0 spiro atoms. The number of hydrogen-bond acceptors (Lipinski definition) is 3. The van der Waals surface area contributed by atoms with Crippen LogP contribution in [0.25, 0.3) is 10.4 Å². The summed E-state index contributed by atoms with van der Waals surface area (Å²) in [5.74, 6) is 0. The van der Waals surface area contributed by atoms with Gasteiger partial charge >= 0.3 is 6.18 Å². The van der Waals surface area contributed by atoms with Crippen molar-refractivity contribution in [3.05, 3.63) is 34.0 Å². The highest BCUT2D eigenvalue weighted by molar-refractivity contribution is 5.74. The third-order valence-corrected chi connectivity index (χ3v) is 1.48. The number of alkyl halides is 3. The third-order valence-electron chi connectivity index (χ3n) is 1.48. The minimum absolute atomic E-state index is 0.231. The van der Waals surface area contributed by atoms with E-state index in [1.807, 2.05) is 0 Å². The monoisotopic (exact) mass is 216 g/mol. The van der Waals surface area contributed by atoms with Crippen LogP contribution >= 0.6 is 0 Å². The van der Waals surface area contributed by atoms with Crippen molar-refractivity contribution in [1.29, 1.82) is 0 Å². The first-order chi connectivity index (χ1) is 6.99. The maximum Gasteiger partial charge on any atom is 0.418 e. The minimum atomic E-state index is -4.67. The van der Waals surface area contributed by atoms with E-state index in [0.717, 1.165) is 6.07 Å². The molecule has 0 fully saturated rings. The highest BCUT2D eigenvalue weighted by Gasteiger charge is 2.33. The number of halogens is 3. The minimum Gasteiger partial charge on any atom is -0.296 e. The van der Waals surface area contributed by atoms with Gasteiger partial charge < -0.3 is 0 Å². The molecule has 78 valence electrons. The second-order valence-corrected chi connectivity index (χ2v) is 2.43. The molecule has 1 rings (SSSR count). The topological polar surface area (TPSA) is 78.7 Å². The Labute approximate surface area is 81.2 Å². The first-order valence-electron chi connectivity index (χ1n) is 3.56. The van der Waals surface area contributed by atoms with E-state index in [4.69, 9.17) is 5.53 Å². The average molecular weight is 216 g/mol. The first kappa shape index (κ1) is 11.0. The largest absolute Gasteiger partial charge is 0.418 e. The molecule has 0 unspecified atom stereocenters. The summed E-state index contributed by atoms with van der Waals surface area (Å²) in [6, 6.07) is 0.773. The number of aromatic nitrogens is 1. The van der Waals surface area contributed by atoms with Crippen LogP contribution < -0.4 is 0 Å². The van der Waals surface area contributed by atoms with Crippen LogP contribution in [0.5, 0.6) is 0 Å². The fourth-order valence-corrected chi connectivity index (χ4v) is 0.874. The van der Waals surface area contributed by atoms with Crippen LogP contribution in [0.2, 0.25) is 0 Å². The molecule has 0 saturated heterocycles. The number of carbonyl (C=O) groups excluding carboxylic acids is 1. The second-order valence-electron chi connectivity index (χ2n) is 2.43. The van der Waals surface area contributed by atoms with Crippen LogP contribution in [0.4, 0.5) is 18.9 Å². The van der Waals surface area contributed by atoms with Crippen LogP contribution in [0.1, 0.15) is 16.1 Å². The van der Waals surface area contributed by atoms with Gasteiger partial charge in [-0.2, -0.15) is 13.2 Å². The normalized spacial score (nSPS) is 10.6. The van der Waals surface area contributed by atoms with E-state index in [-0.39, 0.29) is 12.0 Å². The molecule has 0 bridgehead atoms. The van der Waals surface area contributed by atoms with E-state index >= 15 is 0 Å². The van der Waals surface area contributed by atoms with Crippen molar-refractivity contribution in [3.8, 4) is 0 Å². The van der Waals surface area contributed by atoms with Crippen LogP contribution in [-0.4, -0.2) is 11.3 Å². The summed E-state index contributed by atoms with van der Waals surface area (Å²) in [5.41, 5.74) is 5.98. The van der Waals surface area contributed by atoms with Gasteiger partial charge in [0.2, 0.25) is 0 Å². The van der Waals surface area contributed by atoms with Crippen molar-refractivity contribution in [2.75, 3.05) is 0 Å². The Balaban J connectivity index is 3.39. The zero-order valence-corrected chi connectivity index (χ0v) is 7.06. The van der Waals surface area contributed by atoms with Gasteiger partial charge in [-0.05, 0) is 11.6 Å². The van der Waals surface area contributed by atoms with Crippen molar-refractivity contribution in [1.82, 2.24) is 4.98 Å².